The van der Waals surface area contributed by atoms with Crippen LogP contribution in [0, 0.1) is 6.92 Å². The lowest BCUT2D eigenvalue weighted by atomic mass is 10.1. The summed E-state index contributed by atoms with van der Waals surface area (Å²) in [6, 6.07) is 6.17. The third-order valence-electron chi connectivity index (χ3n) is 3.17. The summed E-state index contributed by atoms with van der Waals surface area (Å²) in [6.45, 7) is 2.62. The Labute approximate surface area is 110 Å². The molecule has 5 nitrogen and oxygen atoms in total. The Morgan fingerprint density at radius 1 is 1.26 bits per heavy atom. The van der Waals surface area contributed by atoms with Crippen LogP contribution >= 0.6 is 0 Å². The third-order valence-corrected chi connectivity index (χ3v) is 3.17. The van der Waals surface area contributed by atoms with E-state index in [1.165, 1.54) is 10.9 Å². The first-order chi connectivity index (χ1) is 9.29. The minimum absolute atomic E-state index is 0.535. The molecule has 1 aromatic carbocycles. The minimum atomic E-state index is 0.535. The number of aryl methyl sites for hydroxylation is 1. The number of rotatable bonds is 3. The Balaban J connectivity index is 2.09. The van der Waals surface area contributed by atoms with Crippen LogP contribution in [0.25, 0.3) is 22.2 Å². The average Bonchev–Trinajstić information content (AvgIpc) is 2.85. The maximum absolute atomic E-state index is 5.47. The Bertz CT molecular complexity index is 699. The second-order valence-electron chi connectivity index (χ2n) is 4.50. The molecule has 0 aliphatic heterocycles. The number of hydrogen-bond donors (Lipinski definition) is 2. The summed E-state index contributed by atoms with van der Waals surface area (Å²) >= 11 is 0. The highest BCUT2D eigenvalue weighted by Gasteiger charge is 2.10. The van der Waals surface area contributed by atoms with Crippen LogP contribution in [-0.4, -0.2) is 26.7 Å². The van der Waals surface area contributed by atoms with Crippen molar-refractivity contribution in [2.75, 3.05) is 6.54 Å². The molecule has 0 spiro atoms. The average molecular weight is 253 g/mol. The lowest BCUT2D eigenvalue weighted by Gasteiger charge is -2.01. The zero-order chi connectivity index (χ0) is 13.2. The topological polar surface area (TPSA) is 80.5 Å². The number of hydrogen-bond acceptors (Lipinski definition) is 4. The molecular formula is C14H15N5. The molecule has 2 aromatic heterocycles. The summed E-state index contributed by atoms with van der Waals surface area (Å²) in [7, 11) is 0. The van der Waals surface area contributed by atoms with Gasteiger partial charge < -0.3 is 10.7 Å². The predicted octanol–water partition coefficient (Wildman–Crippen LogP) is 1.83. The van der Waals surface area contributed by atoms with E-state index in [2.05, 4.69) is 39.2 Å². The molecule has 0 saturated carbocycles. The Morgan fingerprint density at radius 2 is 2.16 bits per heavy atom. The van der Waals surface area contributed by atoms with Crippen LogP contribution in [0.4, 0.5) is 0 Å². The Kier molecular flexibility index (Phi) is 2.97. The van der Waals surface area contributed by atoms with Gasteiger partial charge in [-0.3, -0.25) is 0 Å². The SMILES string of the molecule is Cc1cccc2[nH]cc(-c3cnc(CCN)nn3)c12. The van der Waals surface area contributed by atoms with E-state index in [0.29, 0.717) is 18.8 Å². The number of aromatic amines is 1. The molecule has 0 saturated heterocycles. The lowest BCUT2D eigenvalue weighted by molar-refractivity contribution is 0.813. The zero-order valence-corrected chi connectivity index (χ0v) is 10.7. The van der Waals surface area contributed by atoms with Crippen LogP contribution in [0.1, 0.15) is 11.4 Å². The van der Waals surface area contributed by atoms with Gasteiger partial charge in [-0.25, -0.2) is 4.98 Å². The van der Waals surface area contributed by atoms with E-state index in [4.69, 9.17) is 5.73 Å². The van der Waals surface area contributed by atoms with Crippen LogP contribution < -0.4 is 5.73 Å². The van der Waals surface area contributed by atoms with E-state index in [-0.39, 0.29) is 0 Å². The van der Waals surface area contributed by atoms with Crippen LogP contribution in [0.5, 0.6) is 0 Å². The Morgan fingerprint density at radius 3 is 2.89 bits per heavy atom. The smallest absolute Gasteiger partial charge is 0.152 e. The fourth-order valence-corrected chi connectivity index (χ4v) is 2.24. The van der Waals surface area contributed by atoms with Gasteiger partial charge in [0.05, 0.1) is 6.20 Å². The molecular weight excluding hydrogens is 238 g/mol. The van der Waals surface area contributed by atoms with E-state index < -0.39 is 0 Å². The molecule has 2 heterocycles. The maximum atomic E-state index is 5.47. The summed E-state index contributed by atoms with van der Waals surface area (Å²) in [4.78, 5) is 7.55. The molecule has 0 aliphatic carbocycles. The van der Waals surface area contributed by atoms with Crippen molar-refractivity contribution >= 4 is 10.9 Å². The quantitative estimate of drug-likeness (QED) is 0.746. The molecule has 0 bridgehead atoms. The van der Waals surface area contributed by atoms with Gasteiger partial charge in [0.2, 0.25) is 0 Å². The highest BCUT2D eigenvalue weighted by atomic mass is 15.2. The van der Waals surface area contributed by atoms with Gasteiger partial charge in [-0.15, -0.1) is 10.2 Å². The summed E-state index contributed by atoms with van der Waals surface area (Å²) in [5.41, 5.74) is 9.60. The van der Waals surface area contributed by atoms with Gasteiger partial charge >= 0.3 is 0 Å². The van der Waals surface area contributed by atoms with Crippen molar-refractivity contribution < 1.29 is 0 Å². The number of fused-ring (bicyclic) bond motifs is 1. The van der Waals surface area contributed by atoms with Crippen LogP contribution in [0.3, 0.4) is 0 Å². The third kappa shape index (κ3) is 2.08. The number of nitrogens with two attached hydrogens (primary N) is 1. The normalized spacial score (nSPS) is 11.1. The van der Waals surface area contributed by atoms with Crippen molar-refractivity contribution in [2.45, 2.75) is 13.3 Å². The molecule has 96 valence electrons. The van der Waals surface area contributed by atoms with E-state index in [1.807, 2.05) is 12.3 Å². The van der Waals surface area contributed by atoms with Gasteiger partial charge in [0, 0.05) is 29.1 Å². The fourth-order valence-electron chi connectivity index (χ4n) is 2.24. The molecule has 19 heavy (non-hydrogen) atoms. The number of H-pyrrole nitrogens is 1. The number of aromatic nitrogens is 4. The number of nitrogens with zero attached hydrogens (tertiary/aromatic N) is 3. The highest BCUT2D eigenvalue weighted by molar-refractivity contribution is 5.96. The summed E-state index contributed by atoms with van der Waals surface area (Å²) in [5.74, 6) is 0.683. The molecule has 5 heteroatoms. The summed E-state index contributed by atoms with van der Waals surface area (Å²) < 4.78 is 0. The first-order valence-corrected chi connectivity index (χ1v) is 6.25. The number of nitrogens with one attached hydrogen (secondary N) is 1. The van der Waals surface area contributed by atoms with E-state index in [1.54, 1.807) is 6.20 Å². The molecule has 0 unspecified atom stereocenters. The van der Waals surface area contributed by atoms with E-state index >= 15 is 0 Å². The number of benzene rings is 1. The highest BCUT2D eigenvalue weighted by Crippen LogP contribution is 2.28. The summed E-state index contributed by atoms with van der Waals surface area (Å²) in [6.07, 6.45) is 4.36. The predicted molar refractivity (Wildman–Crippen MR) is 74.6 cm³/mol. The first-order valence-electron chi connectivity index (χ1n) is 6.25. The first kappa shape index (κ1) is 11.8. The molecule has 3 aromatic rings. The molecule has 3 rings (SSSR count). The van der Waals surface area contributed by atoms with Gasteiger partial charge in [-0.2, -0.15) is 0 Å². The zero-order valence-electron chi connectivity index (χ0n) is 10.7. The molecule has 0 radical (unpaired) electrons. The van der Waals surface area contributed by atoms with Crippen LogP contribution in [0.15, 0.2) is 30.6 Å². The second-order valence-corrected chi connectivity index (χ2v) is 4.50. The molecule has 0 atom stereocenters. The minimum Gasteiger partial charge on any atom is -0.360 e. The van der Waals surface area contributed by atoms with E-state index in [9.17, 15) is 0 Å². The van der Waals surface area contributed by atoms with Crippen molar-refractivity contribution in [3.8, 4) is 11.3 Å². The molecule has 0 amide bonds. The molecule has 3 N–H and O–H groups in total. The van der Waals surface area contributed by atoms with Gasteiger partial charge in [0.15, 0.2) is 5.82 Å². The van der Waals surface area contributed by atoms with E-state index in [0.717, 1.165) is 16.8 Å². The second kappa shape index (κ2) is 4.78. The van der Waals surface area contributed by atoms with Crippen molar-refractivity contribution in [3.63, 3.8) is 0 Å². The standard InChI is InChI=1S/C14H15N5/c1-9-3-2-4-11-14(9)10(7-16-11)12-8-17-13(5-6-15)19-18-12/h2-4,7-8,16H,5-6,15H2,1H3. The monoisotopic (exact) mass is 253 g/mol. The fraction of sp³-hybridized carbons (Fsp3) is 0.214. The van der Waals surface area contributed by atoms with Gasteiger partial charge in [-0.05, 0) is 25.1 Å². The van der Waals surface area contributed by atoms with Crippen LogP contribution in [0.2, 0.25) is 0 Å². The van der Waals surface area contributed by atoms with Crippen molar-refractivity contribution in [1.82, 2.24) is 20.2 Å². The van der Waals surface area contributed by atoms with Crippen LogP contribution in [-0.2, 0) is 6.42 Å². The van der Waals surface area contributed by atoms with Crippen molar-refractivity contribution in [2.24, 2.45) is 5.73 Å². The lowest BCUT2D eigenvalue weighted by Crippen LogP contribution is -2.07. The van der Waals surface area contributed by atoms with Gasteiger partial charge in [0.1, 0.15) is 5.69 Å². The van der Waals surface area contributed by atoms with Gasteiger partial charge in [0.25, 0.3) is 0 Å². The Hall–Kier alpha value is -2.27. The summed E-state index contributed by atoms with van der Waals surface area (Å²) in [5, 5.41) is 9.52. The molecule has 0 fully saturated rings. The van der Waals surface area contributed by atoms with Crippen molar-refractivity contribution in [1.29, 1.82) is 0 Å². The molecule has 0 aliphatic rings. The maximum Gasteiger partial charge on any atom is 0.152 e. The largest absolute Gasteiger partial charge is 0.360 e. The van der Waals surface area contributed by atoms with Gasteiger partial charge in [-0.1, -0.05) is 12.1 Å². The van der Waals surface area contributed by atoms with Crippen molar-refractivity contribution in [3.05, 3.63) is 42.0 Å².